The molecule has 2 rings (SSSR count). The molecule has 1 N–H and O–H groups in total. The lowest BCUT2D eigenvalue weighted by molar-refractivity contribution is 0.728. The van der Waals surface area contributed by atoms with E-state index < -0.39 is 0 Å². The zero-order valence-electron chi connectivity index (χ0n) is 11.3. The molecule has 2 aromatic rings. The molecular weight excluding hydrogens is 260 g/mol. The van der Waals surface area contributed by atoms with Crippen LogP contribution in [0.25, 0.3) is 0 Å². The summed E-state index contributed by atoms with van der Waals surface area (Å²) in [6.07, 6.45) is 1.74. The van der Waals surface area contributed by atoms with Gasteiger partial charge in [-0.05, 0) is 24.6 Å². The summed E-state index contributed by atoms with van der Waals surface area (Å²) in [6.45, 7) is 2.10. The summed E-state index contributed by atoms with van der Waals surface area (Å²) in [5.41, 5.74) is 1.08. The Balaban J connectivity index is 2.28. The van der Waals surface area contributed by atoms with Crippen LogP contribution in [0.4, 0.5) is 11.8 Å². The molecule has 1 aromatic carbocycles. The number of benzene rings is 1. The summed E-state index contributed by atoms with van der Waals surface area (Å²) >= 11 is 6.24. The van der Waals surface area contributed by atoms with Gasteiger partial charge in [0.2, 0.25) is 5.95 Å². The van der Waals surface area contributed by atoms with Crippen LogP contribution < -0.4 is 10.2 Å². The maximum Gasteiger partial charge on any atom is 0.224 e. The third-order valence-electron chi connectivity index (χ3n) is 3.16. The molecule has 0 aliphatic heterocycles. The molecule has 0 fully saturated rings. The van der Waals surface area contributed by atoms with E-state index in [-0.39, 0.29) is 6.04 Å². The number of nitrogens with one attached hydrogen (secondary N) is 1. The zero-order valence-corrected chi connectivity index (χ0v) is 12.0. The second kappa shape index (κ2) is 5.89. The van der Waals surface area contributed by atoms with Gasteiger partial charge in [0.25, 0.3) is 0 Å². The molecule has 0 saturated heterocycles. The minimum absolute atomic E-state index is 0.133. The number of rotatable bonds is 4. The normalized spacial score (nSPS) is 12.0. The number of aromatic nitrogens is 2. The maximum atomic E-state index is 6.24. The molecule has 4 nitrogen and oxygen atoms in total. The van der Waals surface area contributed by atoms with E-state index in [0.29, 0.717) is 5.95 Å². The summed E-state index contributed by atoms with van der Waals surface area (Å²) < 4.78 is 0. The molecule has 19 heavy (non-hydrogen) atoms. The first-order valence-electron chi connectivity index (χ1n) is 6.11. The molecule has 5 heteroatoms. The summed E-state index contributed by atoms with van der Waals surface area (Å²) in [4.78, 5) is 10.6. The van der Waals surface area contributed by atoms with Crippen LogP contribution >= 0.6 is 11.6 Å². The number of nitrogens with zero attached hydrogens (tertiary/aromatic N) is 3. The van der Waals surface area contributed by atoms with Gasteiger partial charge in [-0.2, -0.15) is 4.98 Å². The standard InChI is InChI=1S/C14H17ClN4/c1-10(11-6-4-5-7-12(11)15)19(3)13-8-9-17-14(16-2)18-13/h4-10H,1-3H3,(H,16,17,18). The first kappa shape index (κ1) is 13.6. The van der Waals surface area contributed by atoms with Crippen molar-refractivity contribution in [3.05, 3.63) is 47.1 Å². The minimum atomic E-state index is 0.133. The van der Waals surface area contributed by atoms with Crippen molar-refractivity contribution in [2.75, 3.05) is 24.3 Å². The SMILES string of the molecule is CNc1nccc(N(C)C(C)c2ccccc2Cl)n1. The lowest BCUT2D eigenvalue weighted by atomic mass is 10.1. The Morgan fingerprint density at radius 2 is 2.00 bits per heavy atom. The minimum Gasteiger partial charge on any atom is -0.357 e. The Hall–Kier alpha value is -1.81. The highest BCUT2D eigenvalue weighted by molar-refractivity contribution is 6.31. The number of hydrogen-bond donors (Lipinski definition) is 1. The quantitative estimate of drug-likeness (QED) is 0.930. The van der Waals surface area contributed by atoms with E-state index in [0.717, 1.165) is 16.4 Å². The Bertz CT molecular complexity index is 559. The highest BCUT2D eigenvalue weighted by Crippen LogP contribution is 2.28. The molecule has 1 atom stereocenters. The van der Waals surface area contributed by atoms with Crippen LogP contribution in [-0.2, 0) is 0 Å². The summed E-state index contributed by atoms with van der Waals surface area (Å²) in [6, 6.07) is 9.87. The molecule has 0 saturated carbocycles. The molecule has 0 amide bonds. The van der Waals surface area contributed by atoms with Gasteiger partial charge < -0.3 is 10.2 Å². The largest absolute Gasteiger partial charge is 0.357 e. The van der Waals surface area contributed by atoms with Crippen molar-refractivity contribution in [2.24, 2.45) is 0 Å². The molecular formula is C14H17ClN4. The van der Waals surface area contributed by atoms with Crippen molar-refractivity contribution in [1.29, 1.82) is 0 Å². The molecule has 0 bridgehead atoms. The summed E-state index contributed by atoms with van der Waals surface area (Å²) in [5, 5.41) is 3.71. The van der Waals surface area contributed by atoms with Gasteiger partial charge in [0.15, 0.2) is 0 Å². The topological polar surface area (TPSA) is 41.1 Å². The lowest BCUT2D eigenvalue weighted by Crippen LogP contribution is -2.23. The van der Waals surface area contributed by atoms with Crippen LogP contribution in [0, 0.1) is 0 Å². The van der Waals surface area contributed by atoms with Gasteiger partial charge in [-0.25, -0.2) is 4.98 Å². The van der Waals surface area contributed by atoms with Gasteiger partial charge >= 0.3 is 0 Å². The predicted octanol–water partition coefficient (Wildman–Crippen LogP) is 3.37. The lowest BCUT2D eigenvalue weighted by Gasteiger charge is -2.27. The monoisotopic (exact) mass is 276 g/mol. The van der Waals surface area contributed by atoms with E-state index >= 15 is 0 Å². The van der Waals surface area contributed by atoms with Crippen LogP contribution in [0.1, 0.15) is 18.5 Å². The average molecular weight is 277 g/mol. The highest BCUT2D eigenvalue weighted by atomic mass is 35.5. The smallest absolute Gasteiger partial charge is 0.224 e. The molecule has 1 unspecified atom stereocenters. The van der Waals surface area contributed by atoms with Gasteiger partial charge in [0, 0.05) is 25.3 Å². The third-order valence-corrected chi connectivity index (χ3v) is 3.51. The number of anilines is 2. The second-order valence-electron chi connectivity index (χ2n) is 4.30. The van der Waals surface area contributed by atoms with E-state index in [9.17, 15) is 0 Å². The first-order chi connectivity index (χ1) is 9.13. The molecule has 1 heterocycles. The average Bonchev–Trinajstić information content (AvgIpc) is 2.46. The van der Waals surface area contributed by atoms with E-state index in [4.69, 9.17) is 11.6 Å². The van der Waals surface area contributed by atoms with Crippen LogP contribution in [0.3, 0.4) is 0 Å². The van der Waals surface area contributed by atoms with E-state index in [2.05, 4.69) is 27.1 Å². The van der Waals surface area contributed by atoms with Crippen LogP contribution in [0.15, 0.2) is 36.5 Å². The van der Waals surface area contributed by atoms with E-state index in [1.165, 1.54) is 0 Å². The van der Waals surface area contributed by atoms with Crippen molar-refractivity contribution >= 4 is 23.4 Å². The molecule has 0 spiro atoms. The van der Waals surface area contributed by atoms with Crippen LogP contribution in [-0.4, -0.2) is 24.1 Å². The molecule has 1 aromatic heterocycles. The fourth-order valence-electron chi connectivity index (χ4n) is 1.89. The summed E-state index contributed by atoms with van der Waals surface area (Å²) in [7, 11) is 3.80. The van der Waals surface area contributed by atoms with Crippen molar-refractivity contribution in [3.8, 4) is 0 Å². The fourth-order valence-corrected chi connectivity index (χ4v) is 2.18. The Labute approximate surface area is 118 Å². The fraction of sp³-hybridized carbons (Fsp3) is 0.286. The van der Waals surface area contributed by atoms with Crippen molar-refractivity contribution in [2.45, 2.75) is 13.0 Å². The Kier molecular flexibility index (Phi) is 4.22. The van der Waals surface area contributed by atoms with Gasteiger partial charge in [-0.15, -0.1) is 0 Å². The van der Waals surface area contributed by atoms with Crippen molar-refractivity contribution < 1.29 is 0 Å². The molecule has 0 aliphatic carbocycles. The van der Waals surface area contributed by atoms with E-state index in [1.54, 1.807) is 13.2 Å². The highest BCUT2D eigenvalue weighted by Gasteiger charge is 2.16. The van der Waals surface area contributed by atoms with Gasteiger partial charge in [0.1, 0.15) is 5.82 Å². The molecule has 0 aliphatic rings. The van der Waals surface area contributed by atoms with Crippen molar-refractivity contribution in [1.82, 2.24) is 9.97 Å². The van der Waals surface area contributed by atoms with Crippen LogP contribution in [0.2, 0.25) is 5.02 Å². The molecule has 0 radical (unpaired) electrons. The van der Waals surface area contributed by atoms with Gasteiger partial charge in [-0.3, -0.25) is 0 Å². The second-order valence-corrected chi connectivity index (χ2v) is 4.70. The van der Waals surface area contributed by atoms with Crippen LogP contribution in [0.5, 0.6) is 0 Å². The number of halogens is 1. The predicted molar refractivity (Wildman–Crippen MR) is 79.8 cm³/mol. The first-order valence-corrected chi connectivity index (χ1v) is 6.49. The van der Waals surface area contributed by atoms with Crippen molar-refractivity contribution in [3.63, 3.8) is 0 Å². The Morgan fingerprint density at radius 3 is 2.68 bits per heavy atom. The van der Waals surface area contributed by atoms with Gasteiger partial charge in [-0.1, -0.05) is 29.8 Å². The number of hydrogen-bond acceptors (Lipinski definition) is 4. The molecule has 100 valence electrons. The third kappa shape index (κ3) is 2.96. The Morgan fingerprint density at radius 1 is 1.26 bits per heavy atom. The van der Waals surface area contributed by atoms with E-state index in [1.807, 2.05) is 37.4 Å². The maximum absolute atomic E-state index is 6.24. The van der Waals surface area contributed by atoms with Gasteiger partial charge in [0.05, 0.1) is 6.04 Å². The summed E-state index contributed by atoms with van der Waals surface area (Å²) in [5.74, 6) is 1.46. The zero-order chi connectivity index (χ0) is 13.8.